The Morgan fingerprint density at radius 2 is 1.81 bits per heavy atom. The molecule has 21 heavy (non-hydrogen) atoms. The van der Waals surface area contributed by atoms with Gasteiger partial charge in [0.2, 0.25) is 0 Å². The van der Waals surface area contributed by atoms with Crippen LogP contribution in [0.3, 0.4) is 0 Å². The Kier molecular flexibility index (Phi) is 5.94. The van der Waals surface area contributed by atoms with Crippen LogP contribution in [-0.4, -0.2) is 24.9 Å². The molecule has 0 amide bonds. The number of aliphatic hydroxyl groups excluding tert-OH is 1. The summed E-state index contributed by atoms with van der Waals surface area (Å²) in [4.78, 5) is 0. The van der Waals surface area contributed by atoms with Crippen molar-refractivity contribution < 1.29 is 18.6 Å². The Morgan fingerprint density at radius 1 is 1.14 bits per heavy atom. The smallest absolute Gasteiger partial charge is 0.387 e. The molecule has 1 aromatic rings. The van der Waals surface area contributed by atoms with Crippen molar-refractivity contribution in [3.8, 4) is 5.75 Å². The lowest BCUT2D eigenvalue weighted by molar-refractivity contribution is -0.0498. The Bertz CT molecular complexity index is 417. The maximum atomic E-state index is 12.1. The molecule has 1 aliphatic carbocycles. The topological polar surface area (TPSA) is 41.5 Å². The van der Waals surface area contributed by atoms with Crippen LogP contribution in [0.25, 0.3) is 0 Å². The van der Waals surface area contributed by atoms with Gasteiger partial charge in [-0.05, 0) is 30.5 Å². The molecule has 0 atom stereocenters. The van der Waals surface area contributed by atoms with Crippen molar-refractivity contribution >= 4 is 0 Å². The molecule has 1 saturated carbocycles. The second-order valence-corrected chi connectivity index (χ2v) is 5.84. The van der Waals surface area contributed by atoms with E-state index in [1.54, 1.807) is 24.3 Å². The van der Waals surface area contributed by atoms with E-state index in [2.05, 4.69) is 10.1 Å². The molecule has 3 nitrogen and oxygen atoms in total. The Balaban J connectivity index is 1.79. The van der Waals surface area contributed by atoms with Gasteiger partial charge in [-0.15, -0.1) is 0 Å². The Hall–Kier alpha value is -1.20. The average Bonchev–Trinajstić information content (AvgIpc) is 2.49. The Labute approximate surface area is 124 Å². The summed E-state index contributed by atoms with van der Waals surface area (Å²) in [5.41, 5.74) is 1.03. The fraction of sp³-hybridized carbons (Fsp3) is 0.625. The van der Waals surface area contributed by atoms with Gasteiger partial charge in [-0.2, -0.15) is 8.78 Å². The third-order valence-electron chi connectivity index (χ3n) is 4.23. The molecule has 0 aliphatic heterocycles. The van der Waals surface area contributed by atoms with Gasteiger partial charge in [0, 0.05) is 25.1 Å². The second kappa shape index (κ2) is 7.71. The number of nitrogens with one attached hydrogen (secondary N) is 1. The van der Waals surface area contributed by atoms with E-state index >= 15 is 0 Å². The minimum absolute atomic E-state index is 0.0109. The first-order valence-electron chi connectivity index (χ1n) is 7.49. The zero-order valence-corrected chi connectivity index (χ0v) is 12.2. The molecule has 1 fully saturated rings. The summed E-state index contributed by atoms with van der Waals surface area (Å²) in [5, 5.41) is 13.0. The minimum Gasteiger partial charge on any atom is -0.435 e. The summed E-state index contributed by atoms with van der Waals surface area (Å²) in [7, 11) is 0. The first-order valence-corrected chi connectivity index (χ1v) is 7.49. The zero-order chi connectivity index (χ0) is 15.1. The van der Waals surface area contributed by atoms with E-state index in [4.69, 9.17) is 0 Å². The lowest BCUT2D eigenvalue weighted by Gasteiger charge is -2.35. The number of ether oxygens (including phenoxy) is 1. The summed E-state index contributed by atoms with van der Waals surface area (Å²) >= 11 is 0. The highest BCUT2D eigenvalue weighted by molar-refractivity contribution is 5.27. The van der Waals surface area contributed by atoms with E-state index in [1.807, 2.05) is 0 Å². The monoisotopic (exact) mass is 299 g/mol. The van der Waals surface area contributed by atoms with E-state index in [0.717, 1.165) is 24.9 Å². The first kappa shape index (κ1) is 16.2. The van der Waals surface area contributed by atoms with Crippen LogP contribution in [0.1, 0.15) is 37.7 Å². The molecule has 0 spiro atoms. The van der Waals surface area contributed by atoms with Gasteiger partial charge < -0.3 is 15.2 Å². The molecule has 118 valence electrons. The molecule has 0 bridgehead atoms. The van der Waals surface area contributed by atoms with Crippen molar-refractivity contribution in [2.45, 2.75) is 45.3 Å². The van der Waals surface area contributed by atoms with Crippen LogP contribution in [0.5, 0.6) is 5.75 Å². The molecule has 0 aromatic heterocycles. The number of halogens is 2. The van der Waals surface area contributed by atoms with Gasteiger partial charge in [0.1, 0.15) is 5.75 Å². The van der Waals surface area contributed by atoms with E-state index < -0.39 is 6.61 Å². The van der Waals surface area contributed by atoms with E-state index in [-0.39, 0.29) is 17.8 Å². The highest BCUT2D eigenvalue weighted by atomic mass is 19.3. The first-order chi connectivity index (χ1) is 10.1. The van der Waals surface area contributed by atoms with Crippen LogP contribution >= 0.6 is 0 Å². The highest BCUT2D eigenvalue weighted by Gasteiger charge is 2.30. The molecule has 0 radical (unpaired) electrons. The molecule has 1 aliphatic rings. The van der Waals surface area contributed by atoms with Crippen molar-refractivity contribution in [1.29, 1.82) is 0 Å². The van der Waals surface area contributed by atoms with Crippen LogP contribution in [-0.2, 0) is 6.54 Å². The van der Waals surface area contributed by atoms with Crippen molar-refractivity contribution in [1.82, 2.24) is 5.32 Å². The predicted octanol–water partition coefficient (Wildman–Crippen LogP) is 3.32. The van der Waals surface area contributed by atoms with E-state index in [9.17, 15) is 13.9 Å². The van der Waals surface area contributed by atoms with Crippen molar-refractivity contribution in [2.75, 3.05) is 13.2 Å². The van der Waals surface area contributed by atoms with Gasteiger partial charge >= 0.3 is 6.61 Å². The zero-order valence-electron chi connectivity index (χ0n) is 12.2. The molecule has 2 N–H and O–H groups in total. The van der Waals surface area contributed by atoms with Crippen molar-refractivity contribution in [3.63, 3.8) is 0 Å². The van der Waals surface area contributed by atoms with E-state index in [1.165, 1.54) is 19.3 Å². The summed E-state index contributed by atoms with van der Waals surface area (Å²) < 4.78 is 28.4. The SMILES string of the molecule is OCC1(CNCc2ccc(OC(F)F)cc2)CCCCC1. The summed E-state index contributed by atoms with van der Waals surface area (Å²) in [6, 6.07) is 6.64. The molecule has 2 rings (SSSR count). The highest BCUT2D eigenvalue weighted by Crippen LogP contribution is 2.35. The van der Waals surface area contributed by atoms with Crippen LogP contribution in [0.2, 0.25) is 0 Å². The largest absolute Gasteiger partial charge is 0.435 e. The lowest BCUT2D eigenvalue weighted by Crippen LogP contribution is -2.38. The fourth-order valence-electron chi connectivity index (χ4n) is 2.95. The minimum atomic E-state index is -2.79. The normalized spacial score (nSPS) is 17.9. The number of rotatable bonds is 7. The van der Waals surface area contributed by atoms with Crippen LogP contribution in [0.4, 0.5) is 8.78 Å². The van der Waals surface area contributed by atoms with Gasteiger partial charge in [-0.3, -0.25) is 0 Å². The molecule has 0 saturated heterocycles. The number of hydrogen-bond donors (Lipinski definition) is 2. The maximum Gasteiger partial charge on any atom is 0.387 e. The number of hydrogen-bond acceptors (Lipinski definition) is 3. The molecular formula is C16H23F2NO2. The summed E-state index contributed by atoms with van der Waals surface area (Å²) in [5.74, 6) is 0.174. The third-order valence-corrected chi connectivity index (χ3v) is 4.23. The average molecular weight is 299 g/mol. The molecule has 1 aromatic carbocycles. The predicted molar refractivity (Wildman–Crippen MR) is 77.4 cm³/mol. The third kappa shape index (κ3) is 4.93. The summed E-state index contributed by atoms with van der Waals surface area (Å²) in [6.45, 7) is -1.11. The fourth-order valence-corrected chi connectivity index (χ4v) is 2.95. The maximum absolute atomic E-state index is 12.1. The lowest BCUT2D eigenvalue weighted by atomic mass is 9.74. The summed E-state index contributed by atoms with van der Waals surface area (Å²) in [6.07, 6.45) is 5.76. The second-order valence-electron chi connectivity index (χ2n) is 5.84. The standard InChI is InChI=1S/C16H23F2NO2/c17-15(18)21-14-6-4-13(5-7-14)10-19-11-16(12-20)8-2-1-3-9-16/h4-7,15,19-20H,1-3,8-12H2. The number of aliphatic hydroxyl groups is 1. The van der Waals surface area contributed by atoms with Crippen molar-refractivity contribution in [3.05, 3.63) is 29.8 Å². The molecule has 0 heterocycles. The van der Waals surface area contributed by atoms with Crippen LogP contribution in [0, 0.1) is 5.41 Å². The van der Waals surface area contributed by atoms with Crippen LogP contribution in [0.15, 0.2) is 24.3 Å². The molecular weight excluding hydrogens is 276 g/mol. The number of alkyl halides is 2. The van der Waals surface area contributed by atoms with Gasteiger partial charge in [0.25, 0.3) is 0 Å². The molecule has 5 heteroatoms. The number of benzene rings is 1. The molecule has 0 unspecified atom stereocenters. The quantitative estimate of drug-likeness (QED) is 0.811. The van der Waals surface area contributed by atoms with Crippen molar-refractivity contribution in [2.24, 2.45) is 5.41 Å². The van der Waals surface area contributed by atoms with Gasteiger partial charge in [0.15, 0.2) is 0 Å². The van der Waals surface area contributed by atoms with Gasteiger partial charge in [0.05, 0.1) is 0 Å². The van der Waals surface area contributed by atoms with Gasteiger partial charge in [-0.1, -0.05) is 31.4 Å². The van der Waals surface area contributed by atoms with Crippen LogP contribution < -0.4 is 10.1 Å². The Morgan fingerprint density at radius 3 is 2.38 bits per heavy atom. The van der Waals surface area contributed by atoms with E-state index in [0.29, 0.717) is 6.54 Å². The van der Waals surface area contributed by atoms with Gasteiger partial charge in [-0.25, -0.2) is 0 Å².